The summed E-state index contributed by atoms with van der Waals surface area (Å²) in [5.41, 5.74) is 2.03. The van der Waals surface area contributed by atoms with E-state index < -0.39 is 0 Å². The fraction of sp³-hybridized carbons (Fsp3) is 0.381. The van der Waals surface area contributed by atoms with E-state index in [0.717, 1.165) is 18.8 Å². The number of carbonyl (C=O) groups excluding carboxylic acids is 1. The number of piperidine rings is 1. The number of benzene rings is 1. The Labute approximate surface area is 174 Å². The van der Waals surface area contributed by atoms with Crippen LogP contribution in [-0.2, 0) is 11.3 Å². The van der Waals surface area contributed by atoms with Crippen LogP contribution in [0.5, 0.6) is 0 Å². The summed E-state index contributed by atoms with van der Waals surface area (Å²) in [6.07, 6.45) is 5.43. The lowest BCUT2D eigenvalue weighted by molar-refractivity contribution is -0.113. The summed E-state index contributed by atoms with van der Waals surface area (Å²) in [5.74, 6) is 1.55. The molecule has 0 bridgehead atoms. The van der Waals surface area contributed by atoms with E-state index in [1.165, 1.54) is 36.7 Å². The zero-order chi connectivity index (χ0) is 20.1. The molecule has 3 aromatic rings. The molecule has 0 aliphatic carbocycles. The minimum absolute atomic E-state index is 0.0640. The van der Waals surface area contributed by atoms with Gasteiger partial charge in [-0.25, -0.2) is 0 Å². The van der Waals surface area contributed by atoms with Crippen LogP contribution in [0, 0.1) is 0 Å². The minimum Gasteiger partial charge on any atom is -0.461 e. The van der Waals surface area contributed by atoms with Crippen molar-refractivity contribution in [3.63, 3.8) is 0 Å². The van der Waals surface area contributed by atoms with Crippen LogP contribution in [0.2, 0.25) is 0 Å². The molecule has 3 heterocycles. The molecule has 0 radical (unpaired) electrons. The second-order valence-corrected chi connectivity index (χ2v) is 7.90. The van der Waals surface area contributed by atoms with Crippen LogP contribution in [0.25, 0.3) is 11.6 Å². The lowest BCUT2D eigenvalue weighted by Crippen LogP contribution is -2.29. The van der Waals surface area contributed by atoms with E-state index in [-0.39, 0.29) is 11.7 Å². The van der Waals surface area contributed by atoms with Gasteiger partial charge in [0.1, 0.15) is 0 Å². The maximum atomic E-state index is 12.4. The van der Waals surface area contributed by atoms with Crippen molar-refractivity contribution in [2.45, 2.75) is 37.9 Å². The second kappa shape index (κ2) is 9.17. The van der Waals surface area contributed by atoms with E-state index in [4.69, 9.17) is 4.42 Å². The average molecular weight is 412 g/mol. The maximum Gasteiger partial charge on any atom is 0.234 e. The Kier molecular flexibility index (Phi) is 6.19. The van der Waals surface area contributed by atoms with Crippen LogP contribution in [0.3, 0.4) is 0 Å². The van der Waals surface area contributed by atoms with Gasteiger partial charge in [0.25, 0.3) is 0 Å². The summed E-state index contributed by atoms with van der Waals surface area (Å²) in [7, 11) is 0. The molecule has 1 saturated heterocycles. The quantitative estimate of drug-likeness (QED) is 0.585. The summed E-state index contributed by atoms with van der Waals surface area (Å²) in [6.45, 7) is 4.94. The van der Waals surface area contributed by atoms with Crippen molar-refractivity contribution in [1.82, 2.24) is 14.8 Å². The molecule has 0 spiro atoms. The van der Waals surface area contributed by atoms with Gasteiger partial charge in [0.05, 0.1) is 12.0 Å². The standard InChI is InChI=1S/C21H25N5O2S/c1-2-26-20(18-7-6-14-28-18)23-24-21(26)29-15-19(27)22-16-8-10-17(11-9-16)25-12-4-3-5-13-25/h6-11,14H,2-5,12-13,15H2,1H3,(H,22,27). The zero-order valence-corrected chi connectivity index (χ0v) is 17.3. The van der Waals surface area contributed by atoms with Crippen LogP contribution < -0.4 is 10.2 Å². The Morgan fingerprint density at radius 2 is 1.93 bits per heavy atom. The van der Waals surface area contributed by atoms with Gasteiger partial charge < -0.3 is 14.6 Å². The van der Waals surface area contributed by atoms with Crippen molar-refractivity contribution in [3.8, 4) is 11.6 Å². The van der Waals surface area contributed by atoms with Crippen LogP contribution in [0.15, 0.2) is 52.2 Å². The van der Waals surface area contributed by atoms with Gasteiger partial charge in [-0.1, -0.05) is 11.8 Å². The summed E-state index contributed by atoms with van der Waals surface area (Å²) < 4.78 is 7.37. The zero-order valence-electron chi connectivity index (χ0n) is 16.5. The van der Waals surface area contributed by atoms with Gasteiger partial charge in [-0.05, 0) is 62.6 Å². The van der Waals surface area contributed by atoms with Crippen molar-refractivity contribution >= 4 is 29.0 Å². The van der Waals surface area contributed by atoms with Gasteiger partial charge in [-0.15, -0.1) is 10.2 Å². The third kappa shape index (κ3) is 4.64. The molecule has 1 fully saturated rings. The number of hydrogen-bond donors (Lipinski definition) is 1. The molecule has 1 aliphatic heterocycles. The molecule has 8 heteroatoms. The van der Waals surface area contributed by atoms with E-state index in [1.807, 2.05) is 35.8 Å². The SMILES string of the molecule is CCn1c(SCC(=O)Nc2ccc(N3CCCCC3)cc2)nnc1-c1ccco1. The van der Waals surface area contributed by atoms with E-state index in [9.17, 15) is 4.79 Å². The summed E-state index contributed by atoms with van der Waals surface area (Å²) in [6, 6.07) is 11.8. The molecule has 1 aromatic carbocycles. The smallest absolute Gasteiger partial charge is 0.234 e. The Morgan fingerprint density at radius 3 is 2.62 bits per heavy atom. The van der Waals surface area contributed by atoms with E-state index in [1.54, 1.807) is 6.26 Å². The molecule has 1 aliphatic rings. The molecule has 4 rings (SSSR count). The molecular weight excluding hydrogens is 386 g/mol. The first kappa shape index (κ1) is 19.6. The number of aromatic nitrogens is 3. The van der Waals surface area contributed by atoms with Gasteiger partial charge in [0.15, 0.2) is 16.7 Å². The van der Waals surface area contributed by atoms with Crippen molar-refractivity contribution in [2.24, 2.45) is 0 Å². The average Bonchev–Trinajstić information content (AvgIpc) is 3.43. The van der Waals surface area contributed by atoms with Crippen molar-refractivity contribution in [2.75, 3.05) is 29.1 Å². The highest BCUT2D eigenvalue weighted by Gasteiger charge is 2.16. The van der Waals surface area contributed by atoms with E-state index >= 15 is 0 Å². The molecule has 0 saturated carbocycles. The topological polar surface area (TPSA) is 76.2 Å². The molecule has 29 heavy (non-hydrogen) atoms. The predicted molar refractivity (Wildman–Crippen MR) is 115 cm³/mol. The van der Waals surface area contributed by atoms with Crippen molar-refractivity contribution in [3.05, 3.63) is 42.7 Å². The molecule has 2 aromatic heterocycles. The van der Waals surface area contributed by atoms with Crippen molar-refractivity contribution < 1.29 is 9.21 Å². The summed E-state index contributed by atoms with van der Waals surface area (Å²) >= 11 is 1.37. The van der Waals surface area contributed by atoms with Gasteiger partial charge in [0.2, 0.25) is 5.91 Å². The third-order valence-electron chi connectivity index (χ3n) is 4.98. The van der Waals surface area contributed by atoms with Crippen LogP contribution in [-0.4, -0.2) is 39.5 Å². The van der Waals surface area contributed by atoms with Crippen LogP contribution in [0.1, 0.15) is 26.2 Å². The summed E-state index contributed by atoms with van der Waals surface area (Å²) in [4.78, 5) is 14.8. The van der Waals surface area contributed by atoms with E-state index in [2.05, 4.69) is 32.5 Å². The number of amides is 1. The maximum absolute atomic E-state index is 12.4. The van der Waals surface area contributed by atoms with Crippen molar-refractivity contribution in [1.29, 1.82) is 0 Å². The lowest BCUT2D eigenvalue weighted by atomic mass is 10.1. The Balaban J connectivity index is 1.33. The number of nitrogens with zero attached hydrogens (tertiary/aromatic N) is 4. The largest absolute Gasteiger partial charge is 0.461 e. The fourth-order valence-electron chi connectivity index (χ4n) is 3.50. The van der Waals surface area contributed by atoms with Gasteiger partial charge >= 0.3 is 0 Å². The summed E-state index contributed by atoms with van der Waals surface area (Å²) in [5, 5.41) is 12.1. The first-order valence-corrected chi connectivity index (χ1v) is 11.0. The molecule has 1 N–H and O–H groups in total. The van der Waals surface area contributed by atoms with Crippen LogP contribution in [0.4, 0.5) is 11.4 Å². The van der Waals surface area contributed by atoms with Crippen LogP contribution >= 0.6 is 11.8 Å². The Bertz CT molecular complexity index is 931. The minimum atomic E-state index is -0.0640. The highest BCUT2D eigenvalue weighted by atomic mass is 32.2. The molecule has 1 amide bonds. The normalized spacial score (nSPS) is 14.2. The van der Waals surface area contributed by atoms with Gasteiger partial charge in [-0.3, -0.25) is 9.36 Å². The third-order valence-corrected chi connectivity index (χ3v) is 5.95. The molecule has 0 unspecified atom stereocenters. The Morgan fingerprint density at radius 1 is 1.14 bits per heavy atom. The molecule has 152 valence electrons. The monoisotopic (exact) mass is 411 g/mol. The second-order valence-electron chi connectivity index (χ2n) is 6.96. The lowest BCUT2D eigenvalue weighted by Gasteiger charge is -2.28. The Hall–Kier alpha value is -2.74. The first-order chi connectivity index (χ1) is 14.2. The van der Waals surface area contributed by atoms with Gasteiger partial charge in [0, 0.05) is 31.0 Å². The number of anilines is 2. The fourth-order valence-corrected chi connectivity index (χ4v) is 4.31. The number of hydrogen-bond acceptors (Lipinski definition) is 6. The highest BCUT2D eigenvalue weighted by Crippen LogP contribution is 2.25. The predicted octanol–water partition coefficient (Wildman–Crippen LogP) is 4.28. The van der Waals surface area contributed by atoms with E-state index in [0.29, 0.717) is 23.3 Å². The number of furan rings is 1. The number of thioether (sulfide) groups is 1. The molecule has 0 atom stereocenters. The number of rotatable bonds is 7. The number of carbonyl (C=O) groups is 1. The first-order valence-electron chi connectivity index (χ1n) is 9.99. The van der Waals surface area contributed by atoms with Gasteiger partial charge in [-0.2, -0.15) is 0 Å². The molecule has 7 nitrogen and oxygen atoms in total. The number of nitrogens with one attached hydrogen (secondary N) is 1. The molecular formula is C21H25N5O2S. The highest BCUT2D eigenvalue weighted by molar-refractivity contribution is 7.99.